The van der Waals surface area contributed by atoms with Crippen LogP contribution < -0.4 is 11.3 Å². The molecule has 1 aliphatic rings. The molecule has 4 heterocycles. The molecule has 6 rings (SSSR count). The normalized spacial score (nSPS) is 15.6. The van der Waals surface area contributed by atoms with Crippen LogP contribution in [-0.4, -0.2) is 57.8 Å². The molecule has 1 aliphatic heterocycles. The highest BCUT2D eigenvalue weighted by molar-refractivity contribution is 5.89. The van der Waals surface area contributed by atoms with Crippen molar-refractivity contribution in [3.8, 4) is 16.9 Å². The summed E-state index contributed by atoms with van der Waals surface area (Å²) < 4.78 is 19.5. The lowest BCUT2D eigenvalue weighted by molar-refractivity contribution is -0.0366. The summed E-state index contributed by atoms with van der Waals surface area (Å²) in [4.78, 5) is 20.0. The van der Waals surface area contributed by atoms with Crippen LogP contribution in [0.5, 0.6) is 0 Å². The summed E-state index contributed by atoms with van der Waals surface area (Å²) >= 11 is 0. The zero-order valence-electron chi connectivity index (χ0n) is 22.2. The number of fused-ring (bicyclic) bond motifs is 1. The monoisotopic (exact) mass is 542 g/mol. The van der Waals surface area contributed by atoms with Crippen molar-refractivity contribution in [3.05, 3.63) is 94.5 Å². The van der Waals surface area contributed by atoms with E-state index in [-0.39, 0.29) is 23.4 Å². The van der Waals surface area contributed by atoms with E-state index in [0.717, 1.165) is 16.8 Å². The summed E-state index contributed by atoms with van der Waals surface area (Å²) in [6.45, 7) is 2.17. The lowest BCUT2D eigenvalue weighted by atomic mass is 9.91. The number of benzene rings is 2. The van der Waals surface area contributed by atoms with Gasteiger partial charge in [0.1, 0.15) is 11.3 Å². The van der Waals surface area contributed by atoms with Crippen LogP contribution in [0.1, 0.15) is 24.0 Å². The Morgan fingerprint density at radius 3 is 2.55 bits per heavy atom. The van der Waals surface area contributed by atoms with E-state index in [2.05, 4.69) is 20.1 Å². The molecule has 11 heteroatoms. The summed E-state index contributed by atoms with van der Waals surface area (Å²) in [5.74, 6) is -0.287. The van der Waals surface area contributed by atoms with Gasteiger partial charge >= 0.3 is 0 Å². The Morgan fingerprint density at radius 2 is 1.88 bits per heavy atom. The SMILES string of the molecule is Cn1nc2c(=O)n(CC3(O)CCN(Cc4ccc(-n5cccn5)cc4F)CC3)cnc2c1-c1ccc(CN)cc1. The number of halogens is 1. The van der Waals surface area contributed by atoms with Crippen LogP contribution in [0, 0.1) is 5.82 Å². The highest BCUT2D eigenvalue weighted by Gasteiger charge is 2.33. The van der Waals surface area contributed by atoms with Crippen molar-refractivity contribution in [2.24, 2.45) is 12.8 Å². The molecule has 1 saturated heterocycles. The van der Waals surface area contributed by atoms with Crippen LogP contribution in [0.4, 0.5) is 4.39 Å². The smallest absolute Gasteiger partial charge is 0.281 e. The molecule has 2 aromatic carbocycles. The molecule has 0 amide bonds. The van der Waals surface area contributed by atoms with E-state index in [4.69, 9.17) is 5.73 Å². The largest absolute Gasteiger partial charge is 0.388 e. The van der Waals surface area contributed by atoms with Gasteiger partial charge in [-0.3, -0.25) is 18.9 Å². The molecule has 0 atom stereocenters. The summed E-state index contributed by atoms with van der Waals surface area (Å²) in [5.41, 5.74) is 9.05. The van der Waals surface area contributed by atoms with Crippen molar-refractivity contribution >= 4 is 11.0 Å². The van der Waals surface area contributed by atoms with Crippen molar-refractivity contribution in [3.63, 3.8) is 0 Å². The minimum atomic E-state index is -1.08. The van der Waals surface area contributed by atoms with Crippen LogP contribution in [-0.2, 0) is 26.7 Å². The Bertz CT molecular complexity index is 1700. The number of rotatable bonds is 7. The first kappa shape index (κ1) is 26.1. The minimum absolute atomic E-state index is 0.118. The average molecular weight is 543 g/mol. The number of hydrogen-bond acceptors (Lipinski definition) is 7. The van der Waals surface area contributed by atoms with Crippen LogP contribution in [0.15, 0.2) is 72.0 Å². The first-order chi connectivity index (χ1) is 19.3. The quantitative estimate of drug-likeness (QED) is 0.324. The van der Waals surface area contributed by atoms with E-state index < -0.39 is 5.60 Å². The van der Waals surface area contributed by atoms with Crippen molar-refractivity contribution in [2.45, 2.75) is 38.1 Å². The molecule has 0 spiro atoms. The molecule has 0 aliphatic carbocycles. The third-order valence-electron chi connectivity index (χ3n) is 7.73. The fourth-order valence-corrected chi connectivity index (χ4v) is 5.40. The van der Waals surface area contributed by atoms with Gasteiger partial charge in [0, 0.05) is 56.7 Å². The van der Waals surface area contributed by atoms with Gasteiger partial charge in [-0.2, -0.15) is 10.2 Å². The highest BCUT2D eigenvalue weighted by atomic mass is 19.1. The Morgan fingerprint density at radius 1 is 1.10 bits per heavy atom. The third-order valence-corrected chi connectivity index (χ3v) is 7.73. The van der Waals surface area contributed by atoms with Crippen molar-refractivity contribution in [1.29, 1.82) is 0 Å². The van der Waals surface area contributed by atoms with Gasteiger partial charge in [-0.05, 0) is 36.6 Å². The number of nitrogens with zero attached hydrogens (tertiary/aromatic N) is 7. The van der Waals surface area contributed by atoms with Gasteiger partial charge in [0.25, 0.3) is 5.56 Å². The van der Waals surface area contributed by atoms with Crippen molar-refractivity contribution in [1.82, 2.24) is 34.0 Å². The molecule has 206 valence electrons. The van der Waals surface area contributed by atoms with E-state index in [1.54, 1.807) is 40.9 Å². The molecule has 3 aromatic heterocycles. The van der Waals surface area contributed by atoms with Gasteiger partial charge in [0.15, 0.2) is 5.52 Å². The lowest BCUT2D eigenvalue weighted by Crippen LogP contribution is -2.47. The number of likely N-dealkylation sites (tertiary alicyclic amines) is 1. The predicted octanol–water partition coefficient (Wildman–Crippen LogP) is 2.61. The Balaban J connectivity index is 1.14. The molecular weight excluding hydrogens is 511 g/mol. The molecule has 40 heavy (non-hydrogen) atoms. The third kappa shape index (κ3) is 4.94. The van der Waals surface area contributed by atoms with E-state index in [1.165, 1.54) is 17.0 Å². The summed E-state index contributed by atoms with van der Waals surface area (Å²) in [6.07, 6.45) is 5.81. The van der Waals surface area contributed by atoms with Crippen molar-refractivity contribution in [2.75, 3.05) is 13.1 Å². The van der Waals surface area contributed by atoms with Crippen LogP contribution in [0.3, 0.4) is 0 Å². The highest BCUT2D eigenvalue weighted by Crippen LogP contribution is 2.28. The van der Waals surface area contributed by atoms with Gasteiger partial charge in [0.2, 0.25) is 0 Å². The Labute approximate surface area is 230 Å². The Kier molecular flexibility index (Phi) is 6.78. The number of aromatic nitrogens is 6. The number of aryl methyl sites for hydroxylation is 1. The second kappa shape index (κ2) is 10.4. The second-order valence-electron chi connectivity index (χ2n) is 10.5. The average Bonchev–Trinajstić information content (AvgIpc) is 3.61. The maximum Gasteiger partial charge on any atom is 0.281 e. The topological polar surface area (TPSA) is 120 Å². The van der Waals surface area contributed by atoms with Gasteiger partial charge in [-0.25, -0.2) is 14.1 Å². The van der Waals surface area contributed by atoms with Crippen molar-refractivity contribution < 1.29 is 9.50 Å². The van der Waals surface area contributed by atoms with Gasteiger partial charge in [-0.15, -0.1) is 0 Å². The molecule has 0 bridgehead atoms. The van der Waals surface area contributed by atoms with E-state index in [1.807, 2.05) is 30.3 Å². The minimum Gasteiger partial charge on any atom is -0.388 e. The zero-order chi connectivity index (χ0) is 27.9. The van der Waals surface area contributed by atoms with E-state index in [9.17, 15) is 14.3 Å². The molecule has 5 aromatic rings. The first-order valence-corrected chi connectivity index (χ1v) is 13.3. The maximum absolute atomic E-state index is 14.8. The second-order valence-corrected chi connectivity index (χ2v) is 10.5. The maximum atomic E-state index is 14.8. The fourth-order valence-electron chi connectivity index (χ4n) is 5.40. The number of nitrogens with two attached hydrogens (primary N) is 1. The molecule has 1 fully saturated rings. The lowest BCUT2D eigenvalue weighted by Gasteiger charge is -2.38. The fraction of sp³-hybridized carbons (Fsp3) is 0.310. The van der Waals surface area contributed by atoms with Gasteiger partial charge in [0.05, 0.1) is 29.9 Å². The summed E-state index contributed by atoms with van der Waals surface area (Å²) in [5, 5.41) is 20.0. The van der Waals surface area contributed by atoms with E-state index >= 15 is 0 Å². The zero-order valence-corrected chi connectivity index (χ0v) is 22.2. The first-order valence-electron chi connectivity index (χ1n) is 13.3. The predicted molar refractivity (Wildman–Crippen MR) is 149 cm³/mol. The molecule has 0 unspecified atom stereocenters. The number of aliphatic hydroxyl groups is 1. The number of piperidine rings is 1. The van der Waals surface area contributed by atoms with Crippen LogP contribution in [0.25, 0.3) is 28.0 Å². The summed E-state index contributed by atoms with van der Waals surface area (Å²) in [6, 6.07) is 14.7. The standard InChI is InChI=1S/C29H31FN8O2/c1-35-27(21-5-3-20(16-31)4-6-21)25-26(34-35)28(39)37(19-32-25)18-29(40)9-13-36(14-10-29)17-22-7-8-23(15-24(22)30)38-12-2-11-33-38/h2-8,11-12,15,19,40H,9-10,13-14,16-18,31H2,1H3. The van der Waals surface area contributed by atoms with Crippen LogP contribution >= 0.6 is 0 Å². The molecule has 0 radical (unpaired) electrons. The number of hydrogen-bond donors (Lipinski definition) is 2. The molecule has 0 saturated carbocycles. The summed E-state index contributed by atoms with van der Waals surface area (Å²) in [7, 11) is 1.79. The Hall–Kier alpha value is -4.19. The van der Waals surface area contributed by atoms with E-state index in [0.29, 0.717) is 55.8 Å². The molecule has 10 nitrogen and oxygen atoms in total. The van der Waals surface area contributed by atoms with Crippen LogP contribution in [0.2, 0.25) is 0 Å². The van der Waals surface area contributed by atoms with Gasteiger partial charge in [-0.1, -0.05) is 30.3 Å². The molecular formula is C29H31FN8O2. The van der Waals surface area contributed by atoms with Gasteiger partial charge < -0.3 is 10.8 Å². The molecule has 3 N–H and O–H groups in total.